The highest BCUT2D eigenvalue weighted by Crippen LogP contribution is 2.07. The second-order valence-corrected chi connectivity index (χ2v) is 3.12. The smallest absolute Gasteiger partial charge is 0.0530 e. The lowest BCUT2D eigenvalue weighted by Gasteiger charge is -2.02. The second-order valence-electron chi connectivity index (χ2n) is 2.56. The lowest BCUT2D eigenvalue weighted by atomic mass is 10.4. The van der Waals surface area contributed by atoms with E-state index in [1.165, 1.54) is 5.56 Å². The summed E-state index contributed by atoms with van der Waals surface area (Å²) >= 11 is 3.37. The maximum atomic E-state index is 4.17. The highest BCUT2D eigenvalue weighted by atomic mass is 79.9. The molecule has 2 nitrogen and oxygen atoms in total. The third-order valence-electron chi connectivity index (χ3n) is 1.34. The van der Waals surface area contributed by atoms with Gasteiger partial charge in [0.2, 0.25) is 0 Å². The Bertz CT molecular complexity index is 205. The topological polar surface area (TPSA) is 17.8 Å². The van der Waals surface area contributed by atoms with Crippen LogP contribution >= 0.6 is 15.9 Å². The molecule has 0 atom stereocenters. The number of aromatic nitrogens is 2. The van der Waals surface area contributed by atoms with Crippen molar-refractivity contribution in [3.05, 3.63) is 18.0 Å². The predicted octanol–water partition coefficient (Wildman–Crippen LogP) is 2.36. The standard InChI is InChI=1S/C7H11BrN2/c1-6(2)10-5-7(3-8)4-9-10/h4-6H,3H2,1-2H3. The largest absolute Gasteiger partial charge is 0.270 e. The van der Waals surface area contributed by atoms with E-state index in [9.17, 15) is 0 Å². The second kappa shape index (κ2) is 3.19. The summed E-state index contributed by atoms with van der Waals surface area (Å²) < 4.78 is 1.95. The van der Waals surface area contributed by atoms with Crippen molar-refractivity contribution in [2.75, 3.05) is 0 Å². The summed E-state index contributed by atoms with van der Waals surface area (Å²) in [4.78, 5) is 0. The third kappa shape index (κ3) is 1.59. The normalized spacial score (nSPS) is 10.8. The highest BCUT2D eigenvalue weighted by Gasteiger charge is 1.98. The van der Waals surface area contributed by atoms with Crippen molar-refractivity contribution < 1.29 is 0 Å². The zero-order chi connectivity index (χ0) is 7.56. The van der Waals surface area contributed by atoms with Crippen molar-refractivity contribution in [2.45, 2.75) is 25.2 Å². The molecule has 0 aromatic carbocycles. The molecule has 0 saturated carbocycles. The number of hydrogen-bond acceptors (Lipinski definition) is 1. The van der Waals surface area contributed by atoms with Gasteiger partial charge in [-0.25, -0.2) is 0 Å². The van der Waals surface area contributed by atoms with Gasteiger partial charge in [-0.1, -0.05) is 15.9 Å². The van der Waals surface area contributed by atoms with Gasteiger partial charge in [-0.05, 0) is 13.8 Å². The fraction of sp³-hybridized carbons (Fsp3) is 0.571. The van der Waals surface area contributed by atoms with Gasteiger partial charge in [-0.15, -0.1) is 0 Å². The number of rotatable bonds is 2. The summed E-state index contributed by atoms with van der Waals surface area (Å²) in [5.41, 5.74) is 1.23. The Balaban J connectivity index is 2.78. The maximum Gasteiger partial charge on any atom is 0.0530 e. The minimum Gasteiger partial charge on any atom is -0.270 e. The van der Waals surface area contributed by atoms with Crippen LogP contribution in [0.4, 0.5) is 0 Å². The van der Waals surface area contributed by atoms with Gasteiger partial charge in [0.1, 0.15) is 0 Å². The van der Waals surface area contributed by atoms with Crippen molar-refractivity contribution in [1.29, 1.82) is 0 Å². The molecule has 1 rings (SSSR count). The molecular weight excluding hydrogens is 192 g/mol. The van der Waals surface area contributed by atoms with E-state index in [0.717, 1.165) is 5.33 Å². The summed E-state index contributed by atoms with van der Waals surface area (Å²) in [7, 11) is 0. The van der Waals surface area contributed by atoms with Gasteiger partial charge in [0.25, 0.3) is 0 Å². The van der Waals surface area contributed by atoms with Crippen LogP contribution in [0.25, 0.3) is 0 Å². The molecule has 0 spiro atoms. The molecule has 1 aromatic rings. The average molecular weight is 203 g/mol. The molecule has 0 aliphatic rings. The molecule has 0 aliphatic heterocycles. The van der Waals surface area contributed by atoms with E-state index in [2.05, 4.69) is 41.1 Å². The van der Waals surface area contributed by atoms with Gasteiger partial charge >= 0.3 is 0 Å². The Labute approximate surface area is 69.4 Å². The molecule has 0 radical (unpaired) electrons. The van der Waals surface area contributed by atoms with Crippen molar-refractivity contribution in [3.8, 4) is 0 Å². The van der Waals surface area contributed by atoms with Gasteiger partial charge < -0.3 is 0 Å². The Morgan fingerprint density at radius 2 is 2.40 bits per heavy atom. The molecular formula is C7H11BrN2. The number of alkyl halides is 1. The van der Waals surface area contributed by atoms with Crippen LogP contribution in [-0.2, 0) is 5.33 Å². The van der Waals surface area contributed by atoms with Crippen molar-refractivity contribution in [3.63, 3.8) is 0 Å². The average Bonchev–Trinajstić information content (AvgIpc) is 2.34. The van der Waals surface area contributed by atoms with Crippen molar-refractivity contribution >= 4 is 15.9 Å². The Morgan fingerprint density at radius 3 is 2.70 bits per heavy atom. The molecule has 0 N–H and O–H groups in total. The summed E-state index contributed by atoms with van der Waals surface area (Å²) in [5.74, 6) is 0. The minimum absolute atomic E-state index is 0.466. The van der Waals surface area contributed by atoms with Gasteiger partial charge in [-0.3, -0.25) is 4.68 Å². The highest BCUT2D eigenvalue weighted by molar-refractivity contribution is 9.08. The molecule has 1 heterocycles. The summed E-state index contributed by atoms with van der Waals surface area (Å²) in [6.07, 6.45) is 3.94. The van der Waals surface area contributed by atoms with Gasteiger partial charge in [-0.2, -0.15) is 5.10 Å². The number of halogens is 1. The zero-order valence-electron chi connectivity index (χ0n) is 6.21. The SMILES string of the molecule is CC(C)n1cc(CBr)cn1. The van der Waals surface area contributed by atoms with Gasteiger partial charge in [0.05, 0.1) is 6.20 Å². The number of nitrogens with zero attached hydrogens (tertiary/aromatic N) is 2. The molecule has 10 heavy (non-hydrogen) atoms. The fourth-order valence-electron chi connectivity index (χ4n) is 0.729. The zero-order valence-corrected chi connectivity index (χ0v) is 7.80. The Kier molecular flexibility index (Phi) is 2.49. The fourth-order valence-corrected chi connectivity index (χ4v) is 1.02. The minimum atomic E-state index is 0.466. The quantitative estimate of drug-likeness (QED) is 0.674. The van der Waals surface area contributed by atoms with Crippen LogP contribution in [0.3, 0.4) is 0 Å². The Hall–Kier alpha value is -0.310. The molecule has 56 valence electrons. The third-order valence-corrected chi connectivity index (χ3v) is 1.99. The summed E-state index contributed by atoms with van der Waals surface area (Å²) in [5, 5.41) is 5.06. The predicted molar refractivity (Wildman–Crippen MR) is 45.2 cm³/mol. The molecule has 0 amide bonds. The summed E-state index contributed by atoms with van der Waals surface area (Å²) in [6.45, 7) is 4.23. The van der Waals surface area contributed by atoms with Crippen LogP contribution in [0, 0.1) is 0 Å². The van der Waals surface area contributed by atoms with E-state index in [4.69, 9.17) is 0 Å². The summed E-state index contributed by atoms with van der Waals surface area (Å²) in [6, 6.07) is 0.466. The van der Waals surface area contributed by atoms with E-state index in [0.29, 0.717) is 6.04 Å². The molecule has 3 heteroatoms. The van der Waals surface area contributed by atoms with Crippen LogP contribution in [0.15, 0.2) is 12.4 Å². The lowest BCUT2D eigenvalue weighted by Crippen LogP contribution is -1.99. The van der Waals surface area contributed by atoms with Crippen LogP contribution < -0.4 is 0 Å². The maximum absolute atomic E-state index is 4.17. The first kappa shape index (κ1) is 7.79. The first-order valence-electron chi connectivity index (χ1n) is 3.33. The molecule has 0 aliphatic carbocycles. The van der Waals surface area contributed by atoms with Crippen molar-refractivity contribution in [1.82, 2.24) is 9.78 Å². The van der Waals surface area contributed by atoms with Crippen LogP contribution in [0.1, 0.15) is 25.5 Å². The van der Waals surface area contributed by atoms with E-state index in [1.807, 2.05) is 10.9 Å². The van der Waals surface area contributed by atoms with Gasteiger partial charge in [0, 0.05) is 23.1 Å². The van der Waals surface area contributed by atoms with E-state index < -0.39 is 0 Å². The Morgan fingerprint density at radius 1 is 1.70 bits per heavy atom. The van der Waals surface area contributed by atoms with Gasteiger partial charge in [0.15, 0.2) is 0 Å². The van der Waals surface area contributed by atoms with E-state index >= 15 is 0 Å². The van der Waals surface area contributed by atoms with E-state index in [1.54, 1.807) is 0 Å². The van der Waals surface area contributed by atoms with Crippen LogP contribution in [0.5, 0.6) is 0 Å². The monoisotopic (exact) mass is 202 g/mol. The molecule has 0 fully saturated rings. The van der Waals surface area contributed by atoms with Crippen LogP contribution in [0.2, 0.25) is 0 Å². The molecule has 0 bridgehead atoms. The molecule has 0 saturated heterocycles. The first-order valence-corrected chi connectivity index (χ1v) is 4.45. The first-order chi connectivity index (χ1) is 4.74. The molecule has 0 unspecified atom stereocenters. The van der Waals surface area contributed by atoms with Crippen LogP contribution in [-0.4, -0.2) is 9.78 Å². The van der Waals surface area contributed by atoms with E-state index in [-0.39, 0.29) is 0 Å². The number of hydrogen-bond donors (Lipinski definition) is 0. The molecule has 1 aromatic heterocycles. The lowest BCUT2D eigenvalue weighted by molar-refractivity contribution is 0.532. The van der Waals surface area contributed by atoms with Crippen molar-refractivity contribution in [2.24, 2.45) is 0 Å².